The molecule has 24 heavy (non-hydrogen) atoms. The molecule has 1 N–H and O–H groups in total. The molecule has 0 radical (unpaired) electrons. The average Bonchev–Trinajstić information content (AvgIpc) is 2.56. The van der Waals surface area contributed by atoms with Crippen LogP contribution in [0.4, 0.5) is 5.69 Å². The van der Waals surface area contributed by atoms with Gasteiger partial charge >= 0.3 is 0 Å². The first kappa shape index (κ1) is 18.6. The van der Waals surface area contributed by atoms with Crippen LogP contribution in [0.15, 0.2) is 48.5 Å². The molecule has 7 heteroatoms. The fourth-order valence-corrected chi connectivity index (χ4v) is 2.68. The molecule has 0 atom stereocenters. The number of halogens is 1. The van der Waals surface area contributed by atoms with Crippen molar-refractivity contribution in [3.8, 4) is 11.5 Å². The lowest BCUT2D eigenvalue weighted by Crippen LogP contribution is -2.21. The first-order valence-corrected chi connectivity index (χ1v) is 8.89. The van der Waals surface area contributed by atoms with E-state index in [1.165, 1.54) is 11.8 Å². The van der Waals surface area contributed by atoms with Gasteiger partial charge in [-0.3, -0.25) is 4.79 Å². The number of benzene rings is 2. The SMILES string of the molecule is CN(C)C(=S)SCC(=O)Nc1cc(Cl)ccc1Oc1ccccc1. The highest BCUT2D eigenvalue weighted by Crippen LogP contribution is 2.32. The molecular weight excluding hydrogens is 364 g/mol. The van der Waals surface area contributed by atoms with E-state index in [-0.39, 0.29) is 11.7 Å². The standard InChI is InChI=1S/C17H17ClN2O2S2/c1-20(2)17(23)24-11-16(21)19-14-10-12(18)8-9-15(14)22-13-6-4-3-5-7-13/h3-10H,11H2,1-2H3,(H,19,21). The van der Waals surface area contributed by atoms with Gasteiger partial charge in [0.2, 0.25) is 5.91 Å². The van der Waals surface area contributed by atoms with E-state index in [2.05, 4.69) is 5.32 Å². The van der Waals surface area contributed by atoms with Gasteiger partial charge < -0.3 is 15.0 Å². The molecule has 1 amide bonds. The summed E-state index contributed by atoms with van der Waals surface area (Å²) in [6.07, 6.45) is 0. The van der Waals surface area contributed by atoms with Crippen LogP contribution in [0.1, 0.15) is 0 Å². The van der Waals surface area contributed by atoms with Gasteiger partial charge in [0.15, 0.2) is 5.75 Å². The molecule has 0 aliphatic rings. The maximum atomic E-state index is 12.1. The number of hydrogen-bond donors (Lipinski definition) is 1. The molecule has 0 saturated carbocycles. The Morgan fingerprint density at radius 1 is 1.25 bits per heavy atom. The van der Waals surface area contributed by atoms with Crippen LogP contribution in [0.3, 0.4) is 0 Å². The van der Waals surface area contributed by atoms with Crippen LogP contribution in [-0.2, 0) is 4.79 Å². The summed E-state index contributed by atoms with van der Waals surface area (Å²) in [5.74, 6) is 1.25. The molecular formula is C17H17ClN2O2S2. The first-order chi connectivity index (χ1) is 11.5. The van der Waals surface area contributed by atoms with Crippen molar-refractivity contribution >= 4 is 51.5 Å². The Balaban J connectivity index is 2.07. The monoisotopic (exact) mass is 380 g/mol. The van der Waals surface area contributed by atoms with Gasteiger partial charge in [-0.05, 0) is 30.3 Å². The largest absolute Gasteiger partial charge is 0.455 e. The van der Waals surface area contributed by atoms with Gasteiger partial charge in [-0.25, -0.2) is 0 Å². The van der Waals surface area contributed by atoms with E-state index in [1.807, 2.05) is 44.4 Å². The smallest absolute Gasteiger partial charge is 0.234 e. The summed E-state index contributed by atoms with van der Waals surface area (Å²) in [6, 6.07) is 14.4. The molecule has 0 saturated heterocycles. The number of nitrogens with zero attached hydrogens (tertiary/aromatic N) is 1. The molecule has 2 aromatic carbocycles. The van der Waals surface area contributed by atoms with Gasteiger partial charge in [-0.15, -0.1) is 0 Å². The summed E-state index contributed by atoms with van der Waals surface area (Å²) < 4.78 is 6.47. The van der Waals surface area contributed by atoms with Gasteiger partial charge in [-0.2, -0.15) is 0 Å². The second-order valence-electron chi connectivity index (χ2n) is 5.05. The summed E-state index contributed by atoms with van der Waals surface area (Å²) in [5.41, 5.74) is 0.521. The third-order valence-electron chi connectivity index (χ3n) is 2.88. The van der Waals surface area contributed by atoms with Crippen molar-refractivity contribution in [3.05, 3.63) is 53.6 Å². The minimum absolute atomic E-state index is 0.177. The third kappa shape index (κ3) is 5.70. The summed E-state index contributed by atoms with van der Waals surface area (Å²) >= 11 is 12.5. The van der Waals surface area contributed by atoms with Crippen LogP contribution >= 0.6 is 35.6 Å². The molecule has 0 heterocycles. The lowest BCUT2D eigenvalue weighted by Gasteiger charge is -2.14. The molecule has 0 bridgehead atoms. The average molecular weight is 381 g/mol. The van der Waals surface area contributed by atoms with Crippen molar-refractivity contribution in [2.24, 2.45) is 0 Å². The van der Waals surface area contributed by atoms with Crippen molar-refractivity contribution in [2.45, 2.75) is 0 Å². The maximum Gasteiger partial charge on any atom is 0.234 e. The number of hydrogen-bond acceptors (Lipinski definition) is 4. The lowest BCUT2D eigenvalue weighted by molar-refractivity contribution is -0.113. The minimum atomic E-state index is -0.177. The predicted molar refractivity (Wildman–Crippen MR) is 105 cm³/mol. The van der Waals surface area contributed by atoms with Crippen molar-refractivity contribution < 1.29 is 9.53 Å². The zero-order valence-corrected chi connectivity index (χ0v) is 15.7. The number of anilines is 1. The van der Waals surface area contributed by atoms with Crippen LogP contribution < -0.4 is 10.1 Å². The third-order valence-corrected chi connectivity index (χ3v) is 4.85. The molecule has 0 unspecified atom stereocenters. The molecule has 126 valence electrons. The van der Waals surface area contributed by atoms with Gasteiger partial charge in [0.1, 0.15) is 10.1 Å². The molecule has 0 aromatic heterocycles. The molecule has 2 rings (SSSR count). The van der Waals surface area contributed by atoms with Crippen LogP contribution in [0.2, 0.25) is 5.02 Å². The van der Waals surface area contributed by atoms with E-state index < -0.39 is 0 Å². The van der Waals surface area contributed by atoms with E-state index in [0.717, 1.165) is 0 Å². The van der Waals surface area contributed by atoms with E-state index in [4.69, 9.17) is 28.6 Å². The Morgan fingerprint density at radius 3 is 2.62 bits per heavy atom. The summed E-state index contributed by atoms with van der Waals surface area (Å²) in [6.45, 7) is 0. The van der Waals surface area contributed by atoms with E-state index in [0.29, 0.717) is 26.5 Å². The molecule has 0 fully saturated rings. The second-order valence-corrected chi connectivity index (χ2v) is 7.10. The van der Waals surface area contributed by atoms with Crippen molar-refractivity contribution in [2.75, 3.05) is 25.2 Å². The zero-order chi connectivity index (χ0) is 17.5. The normalized spacial score (nSPS) is 10.1. The van der Waals surface area contributed by atoms with E-state index >= 15 is 0 Å². The number of para-hydroxylation sites is 1. The van der Waals surface area contributed by atoms with Gasteiger partial charge in [0.25, 0.3) is 0 Å². The number of thiocarbonyl (C=S) groups is 1. The van der Waals surface area contributed by atoms with Crippen LogP contribution in [-0.4, -0.2) is 35.0 Å². The highest BCUT2D eigenvalue weighted by molar-refractivity contribution is 8.23. The van der Waals surface area contributed by atoms with E-state index in [1.54, 1.807) is 23.1 Å². The molecule has 4 nitrogen and oxygen atoms in total. The second kappa shape index (κ2) is 8.92. The Morgan fingerprint density at radius 2 is 1.96 bits per heavy atom. The van der Waals surface area contributed by atoms with Crippen LogP contribution in [0.5, 0.6) is 11.5 Å². The highest BCUT2D eigenvalue weighted by Gasteiger charge is 2.11. The number of thioether (sulfide) groups is 1. The van der Waals surface area contributed by atoms with Crippen LogP contribution in [0, 0.1) is 0 Å². The minimum Gasteiger partial charge on any atom is -0.455 e. The topological polar surface area (TPSA) is 41.6 Å². The predicted octanol–water partition coefficient (Wildman–Crippen LogP) is 4.65. The fourth-order valence-electron chi connectivity index (χ4n) is 1.75. The quantitative estimate of drug-likeness (QED) is 0.764. The lowest BCUT2D eigenvalue weighted by atomic mass is 10.3. The van der Waals surface area contributed by atoms with Crippen molar-refractivity contribution in [1.82, 2.24) is 4.90 Å². The Labute approximate surface area is 156 Å². The first-order valence-electron chi connectivity index (χ1n) is 7.12. The Hall–Kier alpha value is -1.76. The molecule has 2 aromatic rings. The summed E-state index contributed by atoms with van der Waals surface area (Å²) in [4.78, 5) is 13.9. The molecule has 0 aliphatic heterocycles. The number of rotatable bonds is 5. The number of ether oxygens (including phenoxy) is 1. The number of nitrogens with one attached hydrogen (secondary N) is 1. The molecule has 0 spiro atoms. The maximum absolute atomic E-state index is 12.1. The Kier molecular flexibility index (Phi) is 6.90. The van der Waals surface area contributed by atoms with Crippen molar-refractivity contribution in [1.29, 1.82) is 0 Å². The highest BCUT2D eigenvalue weighted by atomic mass is 35.5. The summed E-state index contributed by atoms with van der Waals surface area (Å²) in [5, 5.41) is 3.33. The van der Waals surface area contributed by atoms with E-state index in [9.17, 15) is 4.79 Å². The van der Waals surface area contributed by atoms with Gasteiger partial charge in [-0.1, -0.05) is 53.8 Å². The van der Waals surface area contributed by atoms with Gasteiger partial charge in [0, 0.05) is 19.1 Å². The fraction of sp³-hybridized carbons (Fsp3) is 0.176. The zero-order valence-electron chi connectivity index (χ0n) is 13.3. The van der Waals surface area contributed by atoms with Gasteiger partial charge in [0.05, 0.1) is 11.4 Å². The number of amides is 1. The molecule has 0 aliphatic carbocycles. The Bertz CT molecular complexity index is 724. The number of carbonyl (C=O) groups is 1. The summed E-state index contributed by atoms with van der Waals surface area (Å²) in [7, 11) is 3.69. The van der Waals surface area contributed by atoms with Crippen molar-refractivity contribution in [3.63, 3.8) is 0 Å². The van der Waals surface area contributed by atoms with Crippen LogP contribution in [0.25, 0.3) is 0 Å². The number of carbonyl (C=O) groups excluding carboxylic acids is 1.